The standard InChI is InChI=1S/C21H22F2N2O2/c22-14-4-5-19(23)17(10-14)20(26)12-25-8-6-13(7-9-25)15-2-1-3-16-18(15)11-24-21(16)27/h1-5,10,13,20,26H,6-9,11-12H2,(H,24,27). The Hall–Kier alpha value is -2.31. The minimum absolute atomic E-state index is 0.00240. The Morgan fingerprint density at radius 2 is 1.96 bits per heavy atom. The number of benzene rings is 2. The summed E-state index contributed by atoms with van der Waals surface area (Å²) in [5.41, 5.74) is 3.10. The van der Waals surface area contributed by atoms with E-state index < -0.39 is 17.7 Å². The molecule has 0 radical (unpaired) electrons. The van der Waals surface area contributed by atoms with Crippen molar-refractivity contribution in [2.24, 2.45) is 0 Å². The fourth-order valence-corrected chi connectivity index (χ4v) is 4.20. The van der Waals surface area contributed by atoms with Crippen LogP contribution >= 0.6 is 0 Å². The van der Waals surface area contributed by atoms with Gasteiger partial charge in [0.15, 0.2) is 0 Å². The third kappa shape index (κ3) is 3.59. The molecule has 1 amide bonds. The summed E-state index contributed by atoms with van der Waals surface area (Å²) in [6.45, 7) is 2.40. The largest absolute Gasteiger partial charge is 0.387 e. The molecule has 0 spiro atoms. The molecule has 27 heavy (non-hydrogen) atoms. The Balaban J connectivity index is 1.40. The maximum atomic E-state index is 13.8. The van der Waals surface area contributed by atoms with Crippen LogP contribution < -0.4 is 5.32 Å². The van der Waals surface area contributed by atoms with Gasteiger partial charge in [0.25, 0.3) is 5.91 Å². The van der Waals surface area contributed by atoms with Gasteiger partial charge in [0, 0.05) is 24.2 Å². The van der Waals surface area contributed by atoms with E-state index in [2.05, 4.69) is 16.3 Å². The number of amides is 1. The van der Waals surface area contributed by atoms with E-state index in [1.54, 1.807) is 0 Å². The molecule has 1 fully saturated rings. The number of nitrogens with one attached hydrogen (secondary N) is 1. The summed E-state index contributed by atoms with van der Waals surface area (Å²) in [5, 5.41) is 13.2. The van der Waals surface area contributed by atoms with E-state index in [-0.39, 0.29) is 18.0 Å². The molecule has 142 valence electrons. The predicted molar refractivity (Wildman–Crippen MR) is 97.3 cm³/mol. The molecule has 4 nitrogen and oxygen atoms in total. The second kappa shape index (κ2) is 7.37. The number of fused-ring (bicyclic) bond motifs is 1. The van der Waals surface area contributed by atoms with Crippen LogP contribution in [0.15, 0.2) is 36.4 Å². The van der Waals surface area contributed by atoms with E-state index in [1.807, 2.05) is 12.1 Å². The highest BCUT2D eigenvalue weighted by Gasteiger charge is 2.28. The predicted octanol–water partition coefficient (Wildman–Crippen LogP) is 3.12. The van der Waals surface area contributed by atoms with Crippen LogP contribution in [0.4, 0.5) is 8.78 Å². The Bertz CT molecular complexity index is 863. The van der Waals surface area contributed by atoms with E-state index in [9.17, 15) is 18.7 Å². The van der Waals surface area contributed by atoms with Crippen molar-refractivity contribution < 1.29 is 18.7 Å². The third-order valence-electron chi connectivity index (χ3n) is 5.66. The molecule has 0 bridgehead atoms. The van der Waals surface area contributed by atoms with E-state index in [1.165, 1.54) is 5.56 Å². The molecule has 2 aliphatic heterocycles. The SMILES string of the molecule is O=C1NCc2c1cccc2C1CCN(CC(O)c2cc(F)ccc2F)CC1. The summed E-state index contributed by atoms with van der Waals surface area (Å²) in [4.78, 5) is 13.9. The topological polar surface area (TPSA) is 52.6 Å². The van der Waals surface area contributed by atoms with E-state index in [0.717, 1.165) is 55.3 Å². The minimum atomic E-state index is -1.06. The van der Waals surface area contributed by atoms with Gasteiger partial charge in [-0.25, -0.2) is 8.78 Å². The van der Waals surface area contributed by atoms with Crippen LogP contribution in [0.25, 0.3) is 0 Å². The van der Waals surface area contributed by atoms with Gasteiger partial charge in [-0.2, -0.15) is 0 Å². The Morgan fingerprint density at radius 3 is 2.74 bits per heavy atom. The first-order valence-corrected chi connectivity index (χ1v) is 9.28. The normalized spacial score (nSPS) is 19.0. The number of carbonyl (C=O) groups is 1. The van der Waals surface area contributed by atoms with Gasteiger partial charge < -0.3 is 15.3 Å². The van der Waals surface area contributed by atoms with Crippen molar-refractivity contribution in [1.29, 1.82) is 0 Å². The molecule has 1 atom stereocenters. The van der Waals surface area contributed by atoms with Crippen molar-refractivity contribution in [3.05, 3.63) is 70.3 Å². The van der Waals surface area contributed by atoms with Gasteiger partial charge in [0.05, 0.1) is 6.10 Å². The summed E-state index contributed by atoms with van der Waals surface area (Å²) < 4.78 is 27.2. The maximum Gasteiger partial charge on any atom is 0.251 e. The lowest BCUT2D eigenvalue weighted by Gasteiger charge is -2.34. The lowest BCUT2D eigenvalue weighted by molar-refractivity contribution is 0.0943. The highest BCUT2D eigenvalue weighted by Crippen LogP contribution is 2.34. The lowest BCUT2D eigenvalue weighted by atomic mass is 9.85. The number of hydrogen-bond acceptors (Lipinski definition) is 3. The second-order valence-electron chi connectivity index (χ2n) is 7.31. The van der Waals surface area contributed by atoms with Gasteiger partial charge >= 0.3 is 0 Å². The number of rotatable bonds is 4. The molecular weight excluding hydrogens is 350 g/mol. The first-order chi connectivity index (χ1) is 13.0. The molecule has 2 N–H and O–H groups in total. The maximum absolute atomic E-state index is 13.8. The number of nitrogens with zero attached hydrogens (tertiary/aromatic N) is 1. The molecular formula is C21H22F2N2O2. The molecule has 2 heterocycles. The quantitative estimate of drug-likeness (QED) is 0.867. The molecule has 0 aromatic heterocycles. The van der Waals surface area contributed by atoms with Crippen molar-refractivity contribution in [3.8, 4) is 0 Å². The van der Waals surface area contributed by atoms with E-state index in [4.69, 9.17) is 0 Å². The molecule has 2 aromatic rings. The smallest absolute Gasteiger partial charge is 0.251 e. The number of β-amino-alcohol motifs (C(OH)–C–C–N with tert-alkyl or cyclic N) is 1. The number of halogens is 2. The Morgan fingerprint density at radius 1 is 1.19 bits per heavy atom. The molecule has 0 saturated carbocycles. The average molecular weight is 372 g/mol. The van der Waals surface area contributed by atoms with Crippen LogP contribution in [-0.2, 0) is 6.54 Å². The molecule has 1 saturated heterocycles. The van der Waals surface area contributed by atoms with Gasteiger partial charge in [-0.1, -0.05) is 12.1 Å². The zero-order valence-electron chi connectivity index (χ0n) is 14.9. The average Bonchev–Trinajstić information content (AvgIpc) is 3.05. The molecule has 2 aromatic carbocycles. The lowest BCUT2D eigenvalue weighted by Crippen LogP contribution is -2.36. The summed E-state index contributed by atoms with van der Waals surface area (Å²) in [6.07, 6.45) is 0.756. The van der Waals surface area contributed by atoms with Crippen molar-refractivity contribution in [1.82, 2.24) is 10.2 Å². The number of carbonyl (C=O) groups excluding carboxylic acids is 1. The number of aliphatic hydroxyl groups is 1. The minimum Gasteiger partial charge on any atom is -0.387 e. The van der Waals surface area contributed by atoms with Crippen LogP contribution in [-0.4, -0.2) is 35.5 Å². The van der Waals surface area contributed by atoms with Gasteiger partial charge in [-0.15, -0.1) is 0 Å². The highest BCUT2D eigenvalue weighted by molar-refractivity contribution is 5.98. The van der Waals surface area contributed by atoms with Crippen molar-refractivity contribution >= 4 is 5.91 Å². The Kier molecular flexibility index (Phi) is 4.93. The first-order valence-electron chi connectivity index (χ1n) is 9.28. The van der Waals surface area contributed by atoms with Crippen LogP contribution in [0.3, 0.4) is 0 Å². The fourth-order valence-electron chi connectivity index (χ4n) is 4.20. The number of piperidine rings is 1. The Labute approximate surface area is 156 Å². The van der Waals surface area contributed by atoms with Gasteiger partial charge in [-0.3, -0.25) is 4.79 Å². The zero-order valence-corrected chi connectivity index (χ0v) is 14.9. The number of hydrogen-bond donors (Lipinski definition) is 2. The van der Waals surface area contributed by atoms with Crippen LogP contribution in [0.2, 0.25) is 0 Å². The monoisotopic (exact) mass is 372 g/mol. The van der Waals surface area contributed by atoms with E-state index in [0.29, 0.717) is 12.5 Å². The molecule has 4 rings (SSSR count). The summed E-state index contributed by atoms with van der Waals surface area (Å²) in [5.74, 6) is -0.780. The summed E-state index contributed by atoms with van der Waals surface area (Å²) >= 11 is 0. The fraction of sp³-hybridized carbons (Fsp3) is 0.381. The van der Waals surface area contributed by atoms with Gasteiger partial charge in [0.2, 0.25) is 0 Å². The number of likely N-dealkylation sites (tertiary alicyclic amines) is 1. The molecule has 2 aliphatic rings. The summed E-state index contributed by atoms with van der Waals surface area (Å²) in [7, 11) is 0. The van der Waals surface area contributed by atoms with Gasteiger partial charge in [0.1, 0.15) is 11.6 Å². The molecule has 6 heteroatoms. The van der Waals surface area contributed by atoms with Crippen molar-refractivity contribution in [3.63, 3.8) is 0 Å². The second-order valence-corrected chi connectivity index (χ2v) is 7.31. The first kappa shape index (κ1) is 18.1. The van der Waals surface area contributed by atoms with Gasteiger partial charge in [-0.05, 0) is 67.2 Å². The summed E-state index contributed by atoms with van der Waals surface area (Å²) in [6, 6.07) is 9.04. The molecule has 1 unspecified atom stereocenters. The third-order valence-corrected chi connectivity index (χ3v) is 5.66. The van der Waals surface area contributed by atoms with E-state index >= 15 is 0 Å². The van der Waals surface area contributed by atoms with Crippen molar-refractivity contribution in [2.75, 3.05) is 19.6 Å². The molecule has 0 aliphatic carbocycles. The zero-order chi connectivity index (χ0) is 19.0. The van der Waals surface area contributed by atoms with Crippen LogP contribution in [0.5, 0.6) is 0 Å². The van der Waals surface area contributed by atoms with Crippen LogP contribution in [0.1, 0.15) is 51.9 Å². The highest BCUT2D eigenvalue weighted by atomic mass is 19.1. The number of aliphatic hydroxyl groups excluding tert-OH is 1. The van der Waals surface area contributed by atoms with Crippen molar-refractivity contribution in [2.45, 2.75) is 31.4 Å². The van der Waals surface area contributed by atoms with Crippen LogP contribution in [0, 0.1) is 11.6 Å².